The summed E-state index contributed by atoms with van der Waals surface area (Å²) in [4.78, 5) is 11.6. The van der Waals surface area contributed by atoms with Gasteiger partial charge >= 0.3 is 0 Å². The lowest BCUT2D eigenvalue weighted by molar-refractivity contribution is -0.110. The summed E-state index contributed by atoms with van der Waals surface area (Å²) in [7, 11) is -3.90. The maximum atomic E-state index is 13.5. The molecule has 0 aromatic heterocycles. The minimum absolute atomic E-state index is 0.0541. The summed E-state index contributed by atoms with van der Waals surface area (Å²) in [5.41, 5.74) is -0.449. The normalized spacial score (nSPS) is 25.7. The number of carbonyl (C=O) groups excluding carboxylic acids is 1. The number of hydrogen-bond acceptors (Lipinski definition) is 4. The summed E-state index contributed by atoms with van der Waals surface area (Å²) in [6.07, 6.45) is 0.374. The van der Waals surface area contributed by atoms with Gasteiger partial charge in [0.15, 0.2) is 9.84 Å². The number of rotatable bonds is 4. The third-order valence-electron chi connectivity index (χ3n) is 4.46. The van der Waals surface area contributed by atoms with Gasteiger partial charge in [-0.2, -0.15) is 5.26 Å². The van der Waals surface area contributed by atoms with Crippen molar-refractivity contribution in [1.29, 1.82) is 5.26 Å². The van der Waals surface area contributed by atoms with E-state index in [1.54, 1.807) is 12.1 Å². The van der Waals surface area contributed by atoms with Gasteiger partial charge in [0.1, 0.15) is 22.8 Å². The van der Waals surface area contributed by atoms with Gasteiger partial charge in [-0.3, -0.25) is 0 Å². The SMILES string of the molecule is Cc1ccc(S(=O)(=O)[C@H]2[C@@H](c3cccc(F)c3)[C@@]2(C#N)C=O)cc1. The van der Waals surface area contributed by atoms with Crippen molar-refractivity contribution >= 4 is 16.1 Å². The molecule has 0 heterocycles. The van der Waals surface area contributed by atoms with Crippen LogP contribution in [0.3, 0.4) is 0 Å². The molecule has 1 fully saturated rings. The Morgan fingerprint density at radius 3 is 2.42 bits per heavy atom. The van der Waals surface area contributed by atoms with E-state index in [0.29, 0.717) is 11.8 Å². The quantitative estimate of drug-likeness (QED) is 0.800. The highest BCUT2D eigenvalue weighted by Gasteiger charge is 2.72. The molecule has 0 N–H and O–H groups in total. The molecule has 0 unspecified atom stereocenters. The lowest BCUT2D eigenvalue weighted by atomic mass is 10.0. The zero-order valence-electron chi connectivity index (χ0n) is 12.8. The Hall–Kier alpha value is -2.52. The Labute approximate surface area is 139 Å². The minimum Gasteiger partial charge on any atom is -0.302 e. The topological polar surface area (TPSA) is 75.0 Å². The highest BCUT2D eigenvalue weighted by molar-refractivity contribution is 7.92. The minimum atomic E-state index is -3.90. The van der Waals surface area contributed by atoms with Crippen LogP contribution >= 0.6 is 0 Å². The molecule has 0 aliphatic heterocycles. The zero-order chi connectivity index (χ0) is 17.5. The van der Waals surface area contributed by atoms with E-state index in [1.165, 1.54) is 36.4 Å². The second kappa shape index (κ2) is 5.53. The molecule has 2 aromatic carbocycles. The van der Waals surface area contributed by atoms with Crippen LogP contribution in [0.25, 0.3) is 0 Å². The fourth-order valence-electron chi connectivity index (χ4n) is 3.14. The van der Waals surface area contributed by atoms with Crippen LogP contribution in [0.4, 0.5) is 4.39 Å². The van der Waals surface area contributed by atoms with Crippen LogP contribution in [0.5, 0.6) is 0 Å². The predicted octanol–water partition coefficient (Wildman–Crippen LogP) is 2.78. The fourth-order valence-corrected chi connectivity index (χ4v) is 5.37. The Morgan fingerprint density at radius 1 is 1.21 bits per heavy atom. The van der Waals surface area contributed by atoms with Crippen LogP contribution in [-0.4, -0.2) is 20.0 Å². The Kier molecular flexibility index (Phi) is 3.77. The second-order valence-electron chi connectivity index (χ2n) is 5.97. The smallest absolute Gasteiger partial charge is 0.183 e. The van der Waals surface area contributed by atoms with E-state index in [4.69, 9.17) is 0 Å². The molecule has 1 saturated carbocycles. The van der Waals surface area contributed by atoms with Gasteiger partial charge in [0, 0.05) is 5.92 Å². The Balaban J connectivity index is 2.10. The number of carbonyl (C=O) groups is 1. The highest BCUT2D eigenvalue weighted by atomic mass is 32.2. The molecule has 0 bridgehead atoms. The van der Waals surface area contributed by atoms with Crippen molar-refractivity contribution in [3.05, 3.63) is 65.5 Å². The molecule has 3 rings (SSSR count). The summed E-state index contributed by atoms with van der Waals surface area (Å²) < 4.78 is 39.3. The third kappa shape index (κ3) is 2.33. The first kappa shape index (κ1) is 16.3. The average Bonchev–Trinajstić information content (AvgIpc) is 3.26. The number of aldehydes is 1. The van der Waals surface area contributed by atoms with Gasteiger partial charge in [-0.15, -0.1) is 0 Å². The molecule has 6 heteroatoms. The van der Waals surface area contributed by atoms with Crippen molar-refractivity contribution in [3.8, 4) is 6.07 Å². The number of halogens is 1. The van der Waals surface area contributed by atoms with E-state index >= 15 is 0 Å². The van der Waals surface area contributed by atoms with Crippen LogP contribution in [-0.2, 0) is 14.6 Å². The standard InChI is InChI=1S/C18H14FNO3S/c1-12-5-7-15(8-6-12)24(22,23)17-16(18(17,10-20)11-21)13-3-2-4-14(19)9-13/h2-9,11,16-17H,1H3/t16-,17+,18-/m1/s1. The summed E-state index contributed by atoms with van der Waals surface area (Å²) >= 11 is 0. The number of aryl methyl sites for hydroxylation is 1. The molecule has 122 valence electrons. The first-order chi connectivity index (χ1) is 11.4. The molecule has 4 nitrogen and oxygen atoms in total. The van der Waals surface area contributed by atoms with Crippen molar-refractivity contribution in [2.24, 2.45) is 5.41 Å². The highest BCUT2D eigenvalue weighted by Crippen LogP contribution is 2.62. The lowest BCUT2D eigenvalue weighted by Crippen LogP contribution is -2.16. The average molecular weight is 343 g/mol. The summed E-state index contributed by atoms with van der Waals surface area (Å²) in [6, 6.07) is 13.4. The molecular formula is C18H14FNO3S. The Bertz CT molecular complexity index is 947. The van der Waals surface area contributed by atoms with Crippen molar-refractivity contribution in [2.75, 3.05) is 0 Å². The number of nitriles is 1. The molecule has 0 radical (unpaired) electrons. The molecule has 3 atom stereocenters. The number of sulfone groups is 1. The maximum Gasteiger partial charge on any atom is 0.183 e. The lowest BCUT2D eigenvalue weighted by Gasteiger charge is -2.05. The second-order valence-corrected chi connectivity index (χ2v) is 8.04. The van der Waals surface area contributed by atoms with E-state index in [0.717, 1.165) is 5.56 Å². The number of hydrogen-bond donors (Lipinski definition) is 0. The van der Waals surface area contributed by atoms with Crippen LogP contribution in [0.1, 0.15) is 17.0 Å². The molecule has 0 amide bonds. The zero-order valence-corrected chi connectivity index (χ0v) is 13.6. The molecule has 0 spiro atoms. The van der Waals surface area contributed by atoms with Gasteiger partial charge < -0.3 is 4.79 Å². The molecular weight excluding hydrogens is 329 g/mol. The third-order valence-corrected chi connectivity index (χ3v) is 6.72. The van der Waals surface area contributed by atoms with E-state index in [9.17, 15) is 22.9 Å². The van der Waals surface area contributed by atoms with E-state index in [1.807, 2.05) is 13.0 Å². The Morgan fingerprint density at radius 2 is 1.88 bits per heavy atom. The number of benzene rings is 2. The van der Waals surface area contributed by atoms with Crippen LogP contribution in [0.15, 0.2) is 53.4 Å². The van der Waals surface area contributed by atoms with Gasteiger partial charge in [-0.25, -0.2) is 12.8 Å². The van der Waals surface area contributed by atoms with E-state index < -0.39 is 32.2 Å². The van der Waals surface area contributed by atoms with Gasteiger partial charge in [0.2, 0.25) is 0 Å². The summed E-state index contributed by atoms with van der Waals surface area (Å²) in [6.45, 7) is 1.83. The van der Waals surface area contributed by atoms with E-state index in [2.05, 4.69) is 0 Å². The maximum absolute atomic E-state index is 13.5. The van der Waals surface area contributed by atoms with Crippen LogP contribution in [0, 0.1) is 29.5 Å². The molecule has 1 aliphatic carbocycles. The summed E-state index contributed by atoms with van der Waals surface area (Å²) in [5, 5.41) is 8.23. The van der Waals surface area contributed by atoms with Gasteiger partial charge in [-0.05, 0) is 36.8 Å². The first-order valence-corrected chi connectivity index (χ1v) is 8.85. The molecule has 2 aromatic rings. The van der Waals surface area contributed by atoms with E-state index in [-0.39, 0.29) is 4.90 Å². The monoisotopic (exact) mass is 343 g/mol. The fraction of sp³-hybridized carbons (Fsp3) is 0.222. The molecule has 1 aliphatic rings. The molecule has 24 heavy (non-hydrogen) atoms. The van der Waals surface area contributed by atoms with Crippen LogP contribution in [0.2, 0.25) is 0 Å². The van der Waals surface area contributed by atoms with Gasteiger partial charge in [-0.1, -0.05) is 29.8 Å². The largest absolute Gasteiger partial charge is 0.302 e. The molecule has 0 saturated heterocycles. The van der Waals surface area contributed by atoms with Crippen molar-refractivity contribution < 1.29 is 17.6 Å². The summed E-state index contributed by atoms with van der Waals surface area (Å²) in [5.74, 6) is -1.41. The van der Waals surface area contributed by atoms with Crippen LogP contribution < -0.4 is 0 Å². The van der Waals surface area contributed by atoms with Crippen molar-refractivity contribution in [3.63, 3.8) is 0 Å². The van der Waals surface area contributed by atoms with Crippen molar-refractivity contribution in [1.82, 2.24) is 0 Å². The van der Waals surface area contributed by atoms with Gasteiger partial charge in [0.25, 0.3) is 0 Å². The first-order valence-electron chi connectivity index (χ1n) is 7.30. The predicted molar refractivity (Wildman–Crippen MR) is 85.4 cm³/mol. The van der Waals surface area contributed by atoms with Crippen molar-refractivity contribution in [2.45, 2.75) is 23.0 Å². The van der Waals surface area contributed by atoms with Gasteiger partial charge in [0.05, 0.1) is 11.0 Å². The number of nitrogens with zero attached hydrogens (tertiary/aromatic N) is 1.